The maximum absolute atomic E-state index is 12.5. The molecule has 3 nitrogen and oxygen atoms in total. The van der Waals surface area contributed by atoms with Crippen molar-refractivity contribution in [2.75, 3.05) is 0 Å². The molecule has 0 bridgehead atoms. The van der Waals surface area contributed by atoms with Crippen LogP contribution in [0.5, 0.6) is 0 Å². The number of hydrogen-bond donors (Lipinski definition) is 1. The quantitative estimate of drug-likeness (QED) is 0.809. The van der Waals surface area contributed by atoms with Crippen molar-refractivity contribution < 1.29 is 4.79 Å². The summed E-state index contributed by atoms with van der Waals surface area (Å²) in [6, 6.07) is 13.9. The highest BCUT2D eigenvalue weighted by atomic mass is 35.5. The van der Waals surface area contributed by atoms with Crippen LogP contribution >= 0.6 is 23.4 Å². The molecule has 0 radical (unpaired) electrons. The van der Waals surface area contributed by atoms with E-state index in [4.69, 9.17) is 11.6 Å². The normalized spacial score (nSPS) is 16.8. The molecule has 1 fully saturated rings. The Morgan fingerprint density at radius 1 is 1.12 bits per heavy atom. The van der Waals surface area contributed by atoms with Gasteiger partial charge in [0.2, 0.25) is 0 Å². The summed E-state index contributed by atoms with van der Waals surface area (Å²) in [6.07, 6.45) is 4.55. The van der Waals surface area contributed by atoms with E-state index in [9.17, 15) is 4.79 Å². The Bertz CT molecular complexity index is 828. The summed E-state index contributed by atoms with van der Waals surface area (Å²) in [5, 5.41) is 3.58. The van der Waals surface area contributed by atoms with E-state index in [2.05, 4.69) is 10.3 Å². The first-order valence-electron chi connectivity index (χ1n) is 8.17. The number of aliphatic imine (C=N–C) groups is 1. The van der Waals surface area contributed by atoms with Gasteiger partial charge in [-0.05, 0) is 37.1 Å². The molecule has 5 heteroatoms. The Labute approximate surface area is 150 Å². The van der Waals surface area contributed by atoms with E-state index >= 15 is 0 Å². The summed E-state index contributed by atoms with van der Waals surface area (Å²) in [5.41, 5.74) is 2.32. The largest absolute Gasteiger partial charge is 0.349 e. The summed E-state index contributed by atoms with van der Waals surface area (Å²) in [6.45, 7) is 0. The Balaban J connectivity index is 1.64. The first-order chi connectivity index (χ1) is 11.7. The van der Waals surface area contributed by atoms with Crippen LogP contribution < -0.4 is 5.32 Å². The summed E-state index contributed by atoms with van der Waals surface area (Å²) in [7, 11) is 0. The highest BCUT2D eigenvalue weighted by Gasteiger charge is 2.20. The van der Waals surface area contributed by atoms with Crippen molar-refractivity contribution in [3.63, 3.8) is 0 Å². The molecule has 1 heterocycles. The van der Waals surface area contributed by atoms with Gasteiger partial charge in [0.1, 0.15) is 5.17 Å². The average Bonchev–Trinajstić information content (AvgIpc) is 3.04. The Kier molecular flexibility index (Phi) is 4.33. The minimum atomic E-state index is -0.0252. The van der Waals surface area contributed by atoms with Crippen LogP contribution in [0.4, 0.5) is 5.69 Å². The van der Waals surface area contributed by atoms with Gasteiger partial charge < -0.3 is 5.32 Å². The fraction of sp³-hybridized carbons (Fsp3) is 0.263. The molecule has 0 spiro atoms. The number of rotatable bonds is 2. The van der Waals surface area contributed by atoms with Crippen molar-refractivity contribution in [2.45, 2.75) is 41.5 Å². The van der Waals surface area contributed by atoms with E-state index < -0.39 is 0 Å². The van der Waals surface area contributed by atoms with E-state index in [1.807, 2.05) is 42.5 Å². The van der Waals surface area contributed by atoms with Crippen molar-refractivity contribution in [1.29, 1.82) is 0 Å². The molecule has 1 aliphatic carbocycles. The zero-order valence-electron chi connectivity index (χ0n) is 13.1. The van der Waals surface area contributed by atoms with Gasteiger partial charge in [-0.1, -0.05) is 54.4 Å². The number of fused-ring (bicyclic) bond motifs is 2. The van der Waals surface area contributed by atoms with Crippen molar-refractivity contribution in [3.05, 3.63) is 53.6 Å². The maximum Gasteiger partial charge on any atom is 0.251 e. The second kappa shape index (κ2) is 6.61. The third-order valence-electron chi connectivity index (χ3n) is 4.46. The molecule has 1 N–H and O–H groups in total. The third-order valence-corrected chi connectivity index (χ3v) is 5.89. The number of hydrogen-bond acceptors (Lipinski definition) is 3. The Hall–Kier alpha value is -1.78. The van der Waals surface area contributed by atoms with Gasteiger partial charge in [0.15, 0.2) is 0 Å². The number of carbonyl (C=O) groups excluding carboxylic acids is 1. The second-order valence-electron chi connectivity index (χ2n) is 6.14. The van der Waals surface area contributed by atoms with Crippen molar-refractivity contribution >= 4 is 40.1 Å². The van der Waals surface area contributed by atoms with Gasteiger partial charge >= 0.3 is 0 Å². The molecule has 122 valence electrons. The molecule has 0 unspecified atom stereocenters. The average molecular weight is 357 g/mol. The van der Waals surface area contributed by atoms with Crippen LogP contribution in [-0.2, 0) is 0 Å². The number of benzene rings is 2. The maximum atomic E-state index is 12.5. The minimum Gasteiger partial charge on any atom is -0.349 e. The Morgan fingerprint density at radius 3 is 2.75 bits per heavy atom. The number of carbonyl (C=O) groups is 1. The molecule has 0 saturated heterocycles. The molecule has 4 rings (SSSR count). The molecule has 1 saturated carbocycles. The van der Waals surface area contributed by atoms with Crippen molar-refractivity contribution in [1.82, 2.24) is 5.32 Å². The highest BCUT2D eigenvalue weighted by molar-refractivity contribution is 7.99. The predicted octanol–water partition coefficient (Wildman–Crippen LogP) is 5.14. The monoisotopic (exact) mass is 356 g/mol. The van der Waals surface area contributed by atoms with E-state index in [1.54, 1.807) is 11.8 Å². The summed E-state index contributed by atoms with van der Waals surface area (Å²) < 4.78 is 0. The molecular weight excluding hydrogens is 340 g/mol. The van der Waals surface area contributed by atoms with Gasteiger partial charge in [0.25, 0.3) is 5.91 Å². The molecule has 0 atom stereocenters. The molecule has 1 aliphatic heterocycles. The molecular formula is C19H17ClN2OS. The van der Waals surface area contributed by atoms with E-state index in [0.717, 1.165) is 33.9 Å². The molecule has 1 amide bonds. The lowest BCUT2D eigenvalue weighted by molar-refractivity contribution is 0.0938. The second-order valence-corrected chi connectivity index (χ2v) is 7.58. The highest BCUT2D eigenvalue weighted by Crippen LogP contribution is 2.41. The summed E-state index contributed by atoms with van der Waals surface area (Å²) >= 11 is 8.01. The van der Waals surface area contributed by atoms with Crippen molar-refractivity contribution in [2.24, 2.45) is 4.99 Å². The fourth-order valence-corrected chi connectivity index (χ4v) is 4.50. The Morgan fingerprint density at radius 2 is 1.92 bits per heavy atom. The zero-order valence-corrected chi connectivity index (χ0v) is 14.7. The molecule has 2 aromatic rings. The minimum absolute atomic E-state index is 0.0252. The molecule has 24 heavy (non-hydrogen) atoms. The first-order valence-corrected chi connectivity index (χ1v) is 9.36. The summed E-state index contributed by atoms with van der Waals surface area (Å²) in [5.74, 6) is -0.0252. The van der Waals surface area contributed by atoms with Gasteiger partial charge in [-0.2, -0.15) is 0 Å². The zero-order chi connectivity index (χ0) is 16.5. The van der Waals surface area contributed by atoms with E-state index in [0.29, 0.717) is 16.8 Å². The lowest BCUT2D eigenvalue weighted by Crippen LogP contribution is -2.32. The van der Waals surface area contributed by atoms with Gasteiger partial charge in [0.05, 0.1) is 5.69 Å². The van der Waals surface area contributed by atoms with Crippen LogP contribution in [0.1, 0.15) is 41.6 Å². The number of nitrogens with one attached hydrogen (secondary N) is 1. The molecule has 2 aromatic carbocycles. The standard InChI is InChI=1S/C19H17ClN2OS/c20-18-14-7-3-4-8-16(14)24-17-10-9-12(11-15(17)22-18)19(23)21-13-5-1-2-6-13/h3-4,7-11,13H,1-2,5-6H2,(H,21,23). The van der Waals surface area contributed by atoms with Crippen LogP contribution in [0.15, 0.2) is 57.2 Å². The topological polar surface area (TPSA) is 41.5 Å². The van der Waals surface area contributed by atoms with E-state index in [1.165, 1.54) is 12.8 Å². The van der Waals surface area contributed by atoms with Crippen LogP contribution in [0.3, 0.4) is 0 Å². The predicted molar refractivity (Wildman–Crippen MR) is 98.8 cm³/mol. The smallest absolute Gasteiger partial charge is 0.251 e. The van der Waals surface area contributed by atoms with E-state index in [-0.39, 0.29) is 5.91 Å². The van der Waals surface area contributed by atoms with Crippen LogP contribution in [0, 0.1) is 0 Å². The van der Waals surface area contributed by atoms with Gasteiger partial charge in [0, 0.05) is 27.0 Å². The van der Waals surface area contributed by atoms with Crippen LogP contribution in [0.2, 0.25) is 0 Å². The molecule has 0 aromatic heterocycles. The van der Waals surface area contributed by atoms with Gasteiger partial charge in [-0.15, -0.1) is 0 Å². The SMILES string of the molecule is O=C(NC1CCCC1)c1ccc2c(c1)N=C(Cl)c1ccccc1S2. The fourth-order valence-electron chi connectivity index (χ4n) is 3.18. The number of amides is 1. The van der Waals surface area contributed by atoms with Gasteiger partial charge in [-0.3, -0.25) is 4.79 Å². The van der Waals surface area contributed by atoms with Gasteiger partial charge in [-0.25, -0.2) is 4.99 Å². The lowest BCUT2D eigenvalue weighted by atomic mass is 10.1. The third kappa shape index (κ3) is 3.08. The lowest BCUT2D eigenvalue weighted by Gasteiger charge is -2.12. The van der Waals surface area contributed by atoms with Crippen LogP contribution in [-0.4, -0.2) is 17.1 Å². The summed E-state index contributed by atoms with van der Waals surface area (Å²) in [4.78, 5) is 19.1. The number of nitrogens with zero attached hydrogens (tertiary/aromatic N) is 1. The van der Waals surface area contributed by atoms with Crippen molar-refractivity contribution in [3.8, 4) is 0 Å². The first kappa shape index (κ1) is 15.7. The number of halogens is 1. The molecule has 2 aliphatic rings. The van der Waals surface area contributed by atoms with Crippen LogP contribution in [0.25, 0.3) is 0 Å².